The van der Waals surface area contributed by atoms with Gasteiger partial charge in [0, 0.05) is 18.2 Å². The van der Waals surface area contributed by atoms with E-state index >= 15 is 0 Å². The molecule has 0 fully saturated rings. The maximum absolute atomic E-state index is 12.7. The summed E-state index contributed by atoms with van der Waals surface area (Å²) in [4.78, 5) is 33.0. The zero-order chi connectivity index (χ0) is 26.3. The monoisotopic (exact) mass is 499 g/mol. The number of benzene rings is 2. The summed E-state index contributed by atoms with van der Waals surface area (Å²) < 4.78 is 11.5. The van der Waals surface area contributed by atoms with Gasteiger partial charge in [-0.3, -0.25) is 14.7 Å². The van der Waals surface area contributed by atoms with E-state index in [1.807, 2.05) is 51.1 Å². The smallest absolute Gasteiger partial charge is 0.296 e. The molecule has 37 heavy (non-hydrogen) atoms. The molecule has 2 aromatic carbocycles. The Kier molecular flexibility index (Phi) is 8.05. The molecule has 0 saturated carbocycles. The summed E-state index contributed by atoms with van der Waals surface area (Å²) in [7, 11) is 0. The third-order valence-corrected chi connectivity index (χ3v) is 5.30. The lowest BCUT2D eigenvalue weighted by atomic mass is 10.0. The van der Waals surface area contributed by atoms with Gasteiger partial charge >= 0.3 is 0 Å². The number of nitrogens with zero attached hydrogens (tertiary/aromatic N) is 3. The van der Waals surface area contributed by atoms with Crippen LogP contribution in [0.2, 0.25) is 0 Å². The standard InChI is InChI=1S/C28H29N5O4/c1-28(2,3)37-14-13-36-22-10-9-21(18-34)23(17-22)20-11-12-29-24(16-20)31-27(35)26-30-25(32-33-26)15-19-7-5-4-6-8-19/h4-12,16-18H,13-15H2,1-3H3,(H,29,31,35)(H,30,32,33). The maximum atomic E-state index is 12.7. The molecule has 0 bridgehead atoms. The van der Waals surface area contributed by atoms with Crippen LogP contribution in [-0.2, 0) is 11.2 Å². The van der Waals surface area contributed by atoms with Gasteiger partial charge in [-0.05, 0) is 67.8 Å². The third kappa shape index (κ3) is 7.31. The Morgan fingerprint density at radius 2 is 1.86 bits per heavy atom. The number of aldehydes is 1. The highest BCUT2D eigenvalue weighted by molar-refractivity contribution is 6.01. The molecule has 0 aliphatic carbocycles. The van der Waals surface area contributed by atoms with Crippen LogP contribution < -0.4 is 10.1 Å². The highest BCUT2D eigenvalue weighted by atomic mass is 16.5. The van der Waals surface area contributed by atoms with E-state index in [9.17, 15) is 9.59 Å². The minimum Gasteiger partial charge on any atom is -0.491 e. The Bertz CT molecular complexity index is 1360. The number of rotatable bonds is 10. The van der Waals surface area contributed by atoms with Crippen LogP contribution in [0, 0.1) is 0 Å². The van der Waals surface area contributed by atoms with Gasteiger partial charge in [-0.25, -0.2) is 9.97 Å². The van der Waals surface area contributed by atoms with Gasteiger partial charge in [0.25, 0.3) is 5.91 Å². The minimum atomic E-state index is -0.494. The molecule has 4 rings (SSSR count). The summed E-state index contributed by atoms with van der Waals surface area (Å²) in [5, 5.41) is 9.56. The average molecular weight is 500 g/mol. The fourth-order valence-electron chi connectivity index (χ4n) is 3.59. The van der Waals surface area contributed by atoms with Crippen LogP contribution in [0.25, 0.3) is 11.1 Å². The third-order valence-electron chi connectivity index (χ3n) is 5.30. The highest BCUT2D eigenvalue weighted by Crippen LogP contribution is 2.28. The predicted octanol–water partition coefficient (Wildman–Crippen LogP) is 4.72. The van der Waals surface area contributed by atoms with Crippen LogP contribution in [0.5, 0.6) is 5.75 Å². The number of hydrogen-bond donors (Lipinski definition) is 2. The van der Waals surface area contributed by atoms with Gasteiger partial charge in [0.15, 0.2) is 6.29 Å². The molecule has 2 aromatic heterocycles. The number of H-pyrrole nitrogens is 1. The van der Waals surface area contributed by atoms with E-state index < -0.39 is 5.91 Å². The first kappa shape index (κ1) is 25.7. The summed E-state index contributed by atoms with van der Waals surface area (Å²) in [6.45, 7) is 6.76. The van der Waals surface area contributed by atoms with Crippen molar-refractivity contribution in [1.29, 1.82) is 0 Å². The van der Waals surface area contributed by atoms with Crippen LogP contribution >= 0.6 is 0 Å². The van der Waals surface area contributed by atoms with E-state index in [1.165, 1.54) is 0 Å². The highest BCUT2D eigenvalue weighted by Gasteiger charge is 2.15. The first-order valence-electron chi connectivity index (χ1n) is 11.9. The number of amides is 1. The second kappa shape index (κ2) is 11.6. The number of carbonyl (C=O) groups is 2. The Labute approximate surface area is 215 Å². The fraction of sp³-hybridized carbons (Fsp3) is 0.250. The molecule has 0 radical (unpaired) electrons. The van der Waals surface area contributed by atoms with Crippen molar-refractivity contribution in [3.8, 4) is 16.9 Å². The molecule has 2 heterocycles. The molecule has 0 saturated heterocycles. The summed E-state index contributed by atoms with van der Waals surface area (Å²) in [6.07, 6.45) is 2.87. The molecule has 0 unspecified atom stereocenters. The first-order chi connectivity index (χ1) is 17.8. The molecule has 4 aromatic rings. The van der Waals surface area contributed by atoms with Crippen molar-refractivity contribution in [2.45, 2.75) is 32.8 Å². The van der Waals surface area contributed by atoms with E-state index in [1.54, 1.807) is 36.5 Å². The molecular weight excluding hydrogens is 470 g/mol. The van der Waals surface area contributed by atoms with Crippen LogP contribution in [0.3, 0.4) is 0 Å². The second-order valence-corrected chi connectivity index (χ2v) is 9.33. The maximum Gasteiger partial charge on any atom is 0.296 e. The molecule has 0 aliphatic heterocycles. The van der Waals surface area contributed by atoms with E-state index in [0.717, 1.165) is 11.8 Å². The summed E-state index contributed by atoms with van der Waals surface area (Å²) in [5.41, 5.74) is 2.65. The van der Waals surface area contributed by atoms with Crippen molar-refractivity contribution in [1.82, 2.24) is 20.2 Å². The van der Waals surface area contributed by atoms with Gasteiger partial charge in [0.2, 0.25) is 5.82 Å². The fourth-order valence-corrected chi connectivity index (χ4v) is 3.59. The average Bonchev–Trinajstić information content (AvgIpc) is 3.35. The number of hydrogen-bond acceptors (Lipinski definition) is 7. The molecule has 9 heteroatoms. The van der Waals surface area contributed by atoms with Crippen molar-refractivity contribution in [2.75, 3.05) is 18.5 Å². The minimum absolute atomic E-state index is 0.0135. The Hall–Kier alpha value is -4.37. The van der Waals surface area contributed by atoms with E-state index in [2.05, 4.69) is 25.5 Å². The number of ether oxygens (including phenoxy) is 2. The lowest BCUT2D eigenvalue weighted by Gasteiger charge is -2.19. The van der Waals surface area contributed by atoms with E-state index in [0.29, 0.717) is 53.7 Å². The number of aromatic nitrogens is 4. The lowest BCUT2D eigenvalue weighted by molar-refractivity contribution is -0.0163. The molecule has 1 amide bonds. The summed E-state index contributed by atoms with van der Waals surface area (Å²) >= 11 is 0. The lowest BCUT2D eigenvalue weighted by Crippen LogP contribution is -2.22. The second-order valence-electron chi connectivity index (χ2n) is 9.33. The predicted molar refractivity (Wildman–Crippen MR) is 140 cm³/mol. The molecule has 190 valence electrons. The van der Waals surface area contributed by atoms with Crippen LogP contribution in [-0.4, -0.2) is 51.2 Å². The SMILES string of the molecule is CC(C)(C)OCCOc1ccc(C=O)c(-c2ccnc(NC(=O)c3n[nH]c(Cc4ccccc4)n3)c2)c1. The van der Waals surface area contributed by atoms with Gasteiger partial charge in [-0.2, -0.15) is 0 Å². The van der Waals surface area contributed by atoms with E-state index in [4.69, 9.17) is 9.47 Å². The molecule has 9 nitrogen and oxygen atoms in total. The van der Waals surface area contributed by atoms with Gasteiger partial charge in [0.1, 0.15) is 24.0 Å². The van der Waals surface area contributed by atoms with Crippen LogP contribution in [0.15, 0.2) is 66.9 Å². The number of carbonyl (C=O) groups excluding carboxylic acids is 2. The van der Waals surface area contributed by atoms with Crippen molar-refractivity contribution in [3.63, 3.8) is 0 Å². The Morgan fingerprint density at radius 1 is 1.05 bits per heavy atom. The zero-order valence-electron chi connectivity index (χ0n) is 21.0. The Balaban J connectivity index is 1.45. The van der Waals surface area contributed by atoms with Crippen LogP contribution in [0.1, 0.15) is 53.1 Å². The quantitative estimate of drug-likeness (QED) is 0.239. The van der Waals surface area contributed by atoms with Crippen molar-refractivity contribution in [2.24, 2.45) is 0 Å². The molecule has 0 spiro atoms. The van der Waals surface area contributed by atoms with Crippen molar-refractivity contribution >= 4 is 18.0 Å². The van der Waals surface area contributed by atoms with Gasteiger partial charge < -0.3 is 14.8 Å². The van der Waals surface area contributed by atoms with E-state index in [-0.39, 0.29) is 11.4 Å². The molecule has 2 N–H and O–H groups in total. The topological polar surface area (TPSA) is 119 Å². The number of nitrogens with one attached hydrogen (secondary N) is 2. The molecule has 0 atom stereocenters. The molecular formula is C28H29N5O4. The number of pyridine rings is 1. The number of anilines is 1. The normalized spacial score (nSPS) is 11.2. The summed E-state index contributed by atoms with van der Waals surface area (Å²) in [5.74, 6) is 1.01. The largest absolute Gasteiger partial charge is 0.491 e. The first-order valence-corrected chi connectivity index (χ1v) is 11.9. The van der Waals surface area contributed by atoms with Crippen LogP contribution in [0.4, 0.5) is 5.82 Å². The van der Waals surface area contributed by atoms with Crippen molar-refractivity contribution in [3.05, 3.63) is 89.6 Å². The number of aromatic amines is 1. The zero-order valence-corrected chi connectivity index (χ0v) is 21.0. The Morgan fingerprint density at radius 3 is 2.62 bits per heavy atom. The van der Waals surface area contributed by atoms with Gasteiger partial charge in [-0.15, -0.1) is 5.10 Å². The van der Waals surface area contributed by atoms with Gasteiger partial charge in [0.05, 0.1) is 12.2 Å². The molecule has 0 aliphatic rings. The van der Waals surface area contributed by atoms with Crippen molar-refractivity contribution < 1.29 is 19.1 Å². The summed E-state index contributed by atoms with van der Waals surface area (Å²) in [6, 6.07) is 18.4. The van der Waals surface area contributed by atoms with Gasteiger partial charge in [-0.1, -0.05) is 30.3 Å².